The maximum absolute atomic E-state index is 12.3. The Bertz CT molecular complexity index is 1390. The van der Waals surface area contributed by atoms with E-state index in [1.807, 2.05) is 60.7 Å². The van der Waals surface area contributed by atoms with E-state index in [1.54, 1.807) is 0 Å². The van der Waals surface area contributed by atoms with Crippen molar-refractivity contribution in [2.75, 3.05) is 56.1 Å². The predicted molar refractivity (Wildman–Crippen MR) is 231 cm³/mol. The number of aliphatic hydroxyl groups is 2. The summed E-state index contributed by atoms with van der Waals surface area (Å²) in [5.74, 6) is -0.327. The average molecular weight is 856 g/mol. The first-order chi connectivity index (χ1) is 27.1. The Hall–Kier alpha value is -3.74. The highest BCUT2D eigenvalue weighted by molar-refractivity contribution is 8.07. The van der Waals surface area contributed by atoms with E-state index in [0.29, 0.717) is 37.3 Å². The van der Waals surface area contributed by atoms with Crippen LogP contribution in [-0.2, 0) is 60.6 Å². The highest BCUT2D eigenvalue weighted by Gasteiger charge is 2.22. The van der Waals surface area contributed by atoms with Crippen molar-refractivity contribution >= 4 is 93.6 Å². The SMILES string of the molecule is COC(=O)/C=C\C(=O)NCCCCCC(=O)Nc1ccccc1.COC(=O)CC(SCCO)C(=O)CCCCCCC(=O)Nc1ccccc1.OCCS.S=S. The van der Waals surface area contributed by atoms with Gasteiger partial charge in [-0.25, -0.2) is 4.79 Å². The van der Waals surface area contributed by atoms with Crippen molar-refractivity contribution in [3.05, 3.63) is 72.8 Å². The minimum Gasteiger partial charge on any atom is -0.469 e. The zero-order valence-corrected chi connectivity index (χ0v) is 35.5. The number of ether oxygens (including phenoxy) is 2. The number of unbranched alkanes of at least 4 members (excludes halogenated alkanes) is 5. The summed E-state index contributed by atoms with van der Waals surface area (Å²) in [4.78, 5) is 69.4. The number of hydrogen-bond donors (Lipinski definition) is 6. The molecule has 13 nitrogen and oxygen atoms in total. The number of benzene rings is 2. The molecule has 2 rings (SSSR count). The molecule has 0 aliphatic rings. The van der Waals surface area contributed by atoms with E-state index in [9.17, 15) is 28.8 Å². The molecule has 2 aromatic carbocycles. The zero-order chi connectivity index (χ0) is 42.2. The summed E-state index contributed by atoms with van der Waals surface area (Å²) in [7, 11) is 2.55. The van der Waals surface area contributed by atoms with E-state index in [0.717, 1.165) is 68.5 Å². The number of Topliss-reactive ketones (excluding diaryl/α,β-unsaturated/α-hetero) is 1. The summed E-state index contributed by atoms with van der Waals surface area (Å²) in [5.41, 5.74) is 1.59. The molecule has 0 radical (unpaired) electrons. The second-order valence-electron chi connectivity index (χ2n) is 11.5. The molecule has 0 fully saturated rings. The Morgan fingerprint density at radius 3 is 1.64 bits per heavy atom. The second-order valence-corrected chi connectivity index (χ2v) is 13.2. The van der Waals surface area contributed by atoms with Crippen LogP contribution in [0.5, 0.6) is 0 Å². The van der Waals surface area contributed by atoms with Gasteiger partial charge in [0.05, 0.1) is 39.1 Å². The molecule has 0 saturated carbocycles. The molecule has 1 atom stereocenters. The van der Waals surface area contributed by atoms with Crippen LogP contribution >= 0.6 is 24.4 Å². The van der Waals surface area contributed by atoms with Crippen LogP contribution in [0.2, 0.25) is 0 Å². The van der Waals surface area contributed by atoms with Gasteiger partial charge < -0.3 is 35.6 Å². The standard InChI is InChI=1S/C20H29NO5S.C17H22N2O4.C2H6OS.S2/c1-26-20(25)15-18(27-14-13-22)17(23)11-7-2-3-8-12-19(24)21-16-9-5-4-6-10-16;1-23-17(22)12-11-15(20)18-13-7-3-6-10-16(21)19-14-8-4-2-5-9-14;3-1-2-4;1-2/h4-6,9-10,18,22H,2-3,7-8,11-15H2,1H3,(H,21,24);2,4-5,8-9,11-12H,3,6-7,10,13H2,1H3,(H,18,20)(H,19,21);3-4H,1-2H2;/b;12-11-;;. The van der Waals surface area contributed by atoms with Gasteiger partial charge in [-0.05, 0) is 49.9 Å². The number of amides is 3. The van der Waals surface area contributed by atoms with Gasteiger partial charge in [0, 0.05) is 83.2 Å². The summed E-state index contributed by atoms with van der Waals surface area (Å²) in [5, 5.41) is 24.6. The van der Waals surface area contributed by atoms with Gasteiger partial charge in [0.25, 0.3) is 0 Å². The highest BCUT2D eigenvalue weighted by atomic mass is 32.8. The first-order valence-corrected chi connectivity index (χ1v) is 21.1. The van der Waals surface area contributed by atoms with Crippen molar-refractivity contribution < 1.29 is 48.5 Å². The number of esters is 2. The van der Waals surface area contributed by atoms with Crippen LogP contribution in [0, 0.1) is 0 Å². The van der Waals surface area contributed by atoms with E-state index in [4.69, 9.17) is 10.2 Å². The lowest BCUT2D eigenvalue weighted by Crippen LogP contribution is -2.22. The largest absolute Gasteiger partial charge is 0.469 e. The topological polar surface area (TPSA) is 197 Å². The molecule has 2 aromatic rings. The Labute approximate surface area is 350 Å². The molecule has 0 bridgehead atoms. The van der Waals surface area contributed by atoms with E-state index in [-0.39, 0.29) is 43.1 Å². The molecule has 1 unspecified atom stereocenters. The number of carbonyl (C=O) groups is 6. The molecule has 5 N–H and O–H groups in total. The van der Waals surface area contributed by atoms with Gasteiger partial charge in [-0.3, -0.25) is 24.0 Å². The third-order valence-corrected chi connectivity index (χ3v) is 8.54. The monoisotopic (exact) mass is 855 g/mol. The molecule has 0 aromatic heterocycles. The van der Waals surface area contributed by atoms with Crippen LogP contribution in [0.15, 0.2) is 72.8 Å². The van der Waals surface area contributed by atoms with Gasteiger partial charge in [-0.15, -0.1) is 11.8 Å². The minimum atomic E-state index is -0.565. The summed E-state index contributed by atoms with van der Waals surface area (Å²) in [6, 6.07) is 18.7. The summed E-state index contributed by atoms with van der Waals surface area (Å²) < 4.78 is 9.01. The van der Waals surface area contributed by atoms with Crippen molar-refractivity contribution in [3.63, 3.8) is 0 Å². The lowest BCUT2D eigenvalue weighted by Gasteiger charge is -2.13. The number of thiol groups is 1. The molecule has 312 valence electrons. The number of aliphatic hydroxyl groups excluding tert-OH is 2. The Kier molecular flexibility index (Phi) is 38.3. The number of para-hydroxylation sites is 2. The quantitative estimate of drug-likeness (QED) is 0.0353. The molecule has 56 heavy (non-hydrogen) atoms. The third-order valence-electron chi connectivity index (χ3n) is 7.09. The molecule has 3 amide bonds. The first kappa shape index (κ1) is 54.4. The van der Waals surface area contributed by atoms with Gasteiger partial charge >= 0.3 is 11.9 Å². The fourth-order valence-electron chi connectivity index (χ4n) is 4.35. The first-order valence-electron chi connectivity index (χ1n) is 18.0. The molecular weight excluding hydrogens is 799 g/mol. The van der Waals surface area contributed by atoms with Gasteiger partial charge in [0.2, 0.25) is 17.7 Å². The predicted octanol–water partition coefficient (Wildman–Crippen LogP) is 5.13. The summed E-state index contributed by atoms with van der Waals surface area (Å²) in [6.45, 7) is 0.661. The number of carbonyl (C=O) groups excluding carboxylic acids is 6. The lowest BCUT2D eigenvalue weighted by molar-refractivity contribution is -0.141. The van der Waals surface area contributed by atoms with Gasteiger partial charge in [0.1, 0.15) is 5.78 Å². The highest BCUT2D eigenvalue weighted by Crippen LogP contribution is 2.19. The lowest BCUT2D eigenvalue weighted by atomic mass is 10.1. The molecule has 0 saturated heterocycles. The van der Waals surface area contributed by atoms with Crippen LogP contribution in [-0.4, -0.2) is 96.4 Å². The fraction of sp³-hybridized carbons (Fsp3) is 0.487. The smallest absolute Gasteiger partial charge is 0.330 e. The molecule has 0 heterocycles. The molecular formula is C39H57N3O10S4. The number of rotatable bonds is 24. The van der Waals surface area contributed by atoms with Crippen molar-refractivity contribution in [2.45, 2.75) is 75.9 Å². The third kappa shape index (κ3) is 33.6. The van der Waals surface area contributed by atoms with Crippen molar-refractivity contribution in [2.24, 2.45) is 0 Å². The number of nitrogens with one attached hydrogen (secondary N) is 3. The van der Waals surface area contributed by atoms with E-state index >= 15 is 0 Å². The molecule has 0 aliphatic carbocycles. The van der Waals surface area contributed by atoms with Gasteiger partial charge in [0.15, 0.2) is 0 Å². The maximum atomic E-state index is 12.3. The normalized spacial score (nSPS) is 10.4. The maximum Gasteiger partial charge on any atom is 0.330 e. The van der Waals surface area contributed by atoms with Crippen LogP contribution in [0.1, 0.15) is 70.6 Å². The molecule has 0 spiro atoms. The van der Waals surface area contributed by atoms with Crippen LogP contribution in [0.3, 0.4) is 0 Å². The van der Waals surface area contributed by atoms with Crippen LogP contribution in [0.25, 0.3) is 0 Å². The van der Waals surface area contributed by atoms with E-state index in [2.05, 4.69) is 60.4 Å². The number of ketones is 1. The van der Waals surface area contributed by atoms with E-state index < -0.39 is 17.2 Å². The number of hydrogen-bond acceptors (Lipinski definition) is 14. The van der Waals surface area contributed by atoms with Crippen molar-refractivity contribution in [1.29, 1.82) is 0 Å². The Morgan fingerprint density at radius 1 is 0.714 bits per heavy atom. The Morgan fingerprint density at radius 2 is 1.20 bits per heavy atom. The molecule has 17 heteroatoms. The number of thioether (sulfide) groups is 1. The molecule has 0 aliphatic heterocycles. The van der Waals surface area contributed by atoms with Gasteiger partial charge in [-0.2, -0.15) is 12.6 Å². The summed E-state index contributed by atoms with van der Waals surface area (Å²) >= 11 is 12.3. The van der Waals surface area contributed by atoms with Gasteiger partial charge in [-0.1, -0.05) is 55.7 Å². The van der Waals surface area contributed by atoms with Crippen molar-refractivity contribution in [3.8, 4) is 0 Å². The van der Waals surface area contributed by atoms with Crippen LogP contribution in [0.4, 0.5) is 11.4 Å². The van der Waals surface area contributed by atoms with Crippen molar-refractivity contribution in [1.82, 2.24) is 5.32 Å². The summed E-state index contributed by atoms with van der Waals surface area (Å²) in [6.07, 6.45) is 9.17. The number of anilines is 2. The van der Waals surface area contributed by atoms with Crippen LogP contribution < -0.4 is 16.0 Å². The number of methoxy groups -OCH3 is 2. The van der Waals surface area contributed by atoms with E-state index in [1.165, 1.54) is 26.0 Å². The minimum absolute atomic E-state index is 0.00387. The Balaban J connectivity index is 0. The average Bonchev–Trinajstić information content (AvgIpc) is 3.22. The second kappa shape index (κ2) is 39.5. The zero-order valence-electron chi connectivity index (χ0n) is 32.2. The fourth-order valence-corrected chi connectivity index (χ4v) is 5.30.